The summed E-state index contributed by atoms with van der Waals surface area (Å²) in [5.74, 6) is -2.23. The van der Waals surface area contributed by atoms with Crippen molar-refractivity contribution in [1.29, 1.82) is 0 Å². The van der Waals surface area contributed by atoms with Gasteiger partial charge in [0.2, 0.25) is 23.6 Å². The minimum Gasteiger partial charge on any atom is -0.493 e. The summed E-state index contributed by atoms with van der Waals surface area (Å²) in [5, 5.41) is 13.8. The largest absolute Gasteiger partial charge is 0.493 e. The first-order valence-electron chi connectivity index (χ1n) is 22.6. The lowest BCUT2D eigenvalue weighted by molar-refractivity contribution is -0.137. The molecule has 1 saturated heterocycles. The van der Waals surface area contributed by atoms with E-state index in [0.717, 1.165) is 24.2 Å². The second-order valence-electron chi connectivity index (χ2n) is 17.1. The van der Waals surface area contributed by atoms with Crippen molar-refractivity contribution in [3.8, 4) is 11.5 Å². The Morgan fingerprint density at radius 1 is 0.791 bits per heavy atom. The lowest BCUT2D eigenvalue weighted by Crippen LogP contribution is -2.53. The number of carbonyl (C=O) groups is 8. The maximum Gasteiger partial charge on any atom is 0.272 e. The van der Waals surface area contributed by atoms with E-state index in [0.29, 0.717) is 72.0 Å². The second kappa shape index (κ2) is 22.7. The highest BCUT2D eigenvalue weighted by atomic mass is 16.5. The molecule has 3 aliphatic rings. The van der Waals surface area contributed by atoms with E-state index >= 15 is 0 Å². The Balaban J connectivity index is 0.00000518. The Labute approximate surface area is 396 Å². The third kappa shape index (κ3) is 12.9. The Morgan fingerprint density at radius 3 is 2.19 bits per heavy atom. The van der Waals surface area contributed by atoms with E-state index in [4.69, 9.17) is 9.47 Å². The number of hydrogen-bond donors (Lipinski definition) is 5. The van der Waals surface area contributed by atoms with Crippen LogP contribution in [0.15, 0.2) is 65.8 Å². The number of nitrogens with zero attached hydrogens (tertiary/aromatic N) is 4. The van der Waals surface area contributed by atoms with Gasteiger partial charge >= 0.3 is 0 Å². The molecule has 19 heteroatoms. The fourth-order valence-corrected chi connectivity index (χ4v) is 7.90. The molecule has 2 aromatic carbocycles. The Morgan fingerprint density at radius 2 is 1.49 bits per heavy atom. The summed E-state index contributed by atoms with van der Waals surface area (Å²) in [4.78, 5) is 109. The first kappa shape index (κ1) is 49.1. The number of anilines is 3. The molecule has 0 aliphatic carbocycles. The number of amides is 8. The molecule has 0 radical (unpaired) electrons. The number of rotatable bonds is 21. The van der Waals surface area contributed by atoms with Gasteiger partial charge in [0.15, 0.2) is 11.5 Å². The van der Waals surface area contributed by atoms with Gasteiger partial charge in [0.05, 0.1) is 36.7 Å². The molecule has 67 heavy (non-hydrogen) atoms. The number of methoxy groups -OCH3 is 1. The number of fused-ring (bicyclic) bond motifs is 2. The highest BCUT2D eigenvalue weighted by molar-refractivity contribution is 6.13. The summed E-state index contributed by atoms with van der Waals surface area (Å²) in [5.41, 5.74) is 2.56. The monoisotopic (exact) mass is 932 g/mol. The van der Waals surface area contributed by atoms with Crippen LogP contribution in [0.2, 0.25) is 0 Å². The Kier molecular flexibility index (Phi) is 16.7. The van der Waals surface area contributed by atoms with Gasteiger partial charge in [-0.3, -0.25) is 48.2 Å². The Bertz CT molecular complexity index is 2430. The van der Waals surface area contributed by atoms with Gasteiger partial charge < -0.3 is 45.5 Å². The number of ether oxygens (including phenoxy) is 2. The van der Waals surface area contributed by atoms with Crippen LogP contribution in [0.4, 0.5) is 22.7 Å². The second-order valence-corrected chi connectivity index (χ2v) is 17.1. The molecule has 3 aliphatic heterocycles. The fourth-order valence-electron chi connectivity index (χ4n) is 7.90. The van der Waals surface area contributed by atoms with Crippen molar-refractivity contribution in [2.75, 3.05) is 42.8 Å². The zero-order chi connectivity index (χ0) is 48.2. The van der Waals surface area contributed by atoms with E-state index in [9.17, 15) is 38.4 Å². The fraction of sp³-hybridized carbons (Fsp3) is 0.438. The highest BCUT2D eigenvalue weighted by Gasteiger charge is 2.32. The van der Waals surface area contributed by atoms with Crippen molar-refractivity contribution in [3.63, 3.8) is 0 Å². The minimum absolute atomic E-state index is 0. The molecule has 0 bridgehead atoms. The van der Waals surface area contributed by atoms with Crippen molar-refractivity contribution in [1.82, 2.24) is 25.0 Å². The highest BCUT2D eigenvalue weighted by Crippen LogP contribution is 2.38. The van der Waals surface area contributed by atoms with E-state index < -0.39 is 29.8 Å². The van der Waals surface area contributed by atoms with Crippen molar-refractivity contribution < 1.29 is 55.0 Å². The molecular weight excluding hydrogens is 863 g/mol. The van der Waals surface area contributed by atoms with Crippen LogP contribution in [0, 0.1) is 5.92 Å². The number of aromatic nitrogens is 1. The van der Waals surface area contributed by atoms with E-state index in [1.165, 1.54) is 26.2 Å². The number of aryl methyl sites for hydroxylation is 1. The number of carbonyl (C=O) groups excluding carboxylic acids is 8. The topological polar surface area (TPSA) is 239 Å². The van der Waals surface area contributed by atoms with E-state index in [2.05, 4.69) is 31.6 Å². The Hall–Kier alpha value is -7.31. The molecule has 3 atom stereocenters. The third-order valence-corrected chi connectivity index (χ3v) is 11.6. The maximum absolute atomic E-state index is 13.3. The molecule has 0 spiro atoms. The van der Waals surface area contributed by atoms with Crippen LogP contribution in [0.1, 0.15) is 107 Å². The average Bonchev–Trinajstić information content (AvgIpc) is 3.79. The number of aliphatic imine (C=N–C) groups is 1. The SMILES string of the molecule is COc1cc2c(cc1OCCCC(=O)Nc1cc(C(=O)Nc3ccc(NC(=O)[C@H](C)NC(=O)[C@@H](NC(=O)CCCCCN4C(=O)C=CC4=O)C(C)C)cc3)n(C)c1)N=C[C@@H]1CCCCN1C2=O.[HH].[HH].[HH].[HH].[HH]. The van der Waals surface area contributed by atoms with Gasteiger partial charge in [0, 0.05) is 82.1 Å². The molecule has 1 fully saturated rings. The van der Waals surface area contributed by atoms with Gasteiger partial charge in [0.1, 0.15) is 17.8 Å². The molecule has 19 nitrogen and oxygen atoms in total. The van der Waals surface area contributed by atoms with Crippen LogP contribution in [0.25, 0.3) is 0 Å². The van der Waals surface area contributed by atoms with Crippen LogP contribution in [0.5, 0.6) is 11.5 Å². The molecular formula is C48H69N9O10. The predicted octanol–water partition coefficient (Wildman–Crippen LogP) is 6.09. The summed E-state index contributed by atoms with van der Waals surface area (Å²) >= 11 is 0. The molecule has 0 unspecified atom stereocenters. The number of nitrogens with one attached hydrogen (secondary N) is 5. The minimum atomic E-state index is -0.947. The van der Waals surface area contributed by atoms with Crippen LogP contribution in [-0.2, 0) is 35.8 Å². The number of unbranched alkanes of at least 4 members (excludes halogenated alkanes) is 2. The summed E-state index contributed by atoms with van der Waals surface area (Å²) in [7, 11) is 3.19. The van der Waals surface area contributed by atoms with Crippen LogP contribution >= 0.6 is 0 Å². The van der Waals surface area contributed by atoms with Crippen molar-refractivity contribution >= 4 is 76.2 Å². The predicted molar refractivity (Wildman–Crippen MR) is 261 cm³/mol. The molecule has 3 aromatic rings. The molecule has 6 rings (SSSR count). The number of piperidine rings is 1. The first-order chi connectivity index (χ1) is 32.1. The molecule has 5 N–H and O–H groups in total. The van der Waals surface area contributed by atoms with E-state index in [1.807, 2.05) is 11.1 Å². The van der Waals surface area contributed by atoms with Gasteiger partial charge in [-0.1, -0.05) is 20.3 Å². The zero-order valence-electron chi connectivity index (χ0n) is 38.5. The third-order valence-electron chi connectivity index (χ3n) is 11.6. The zero-order valence-corrected chi connectivity index (χ0v) is 38.5. The van der Waals surface area contributed by atoms with Gasteiger partial charge in [-0.2, -0.15) is 0 Å². The summed E-state index contributed by atoms with van der Waals surface area (Å²) in [6, 6.07) is 9.47. The standard InChI is InChI=1S/C48H59N9O10.5H2/c1-29(2)44(54-41(59)13-7-6-9-22-57-42(60)19-20-43(57)61)47(64)50-30(3)45(62)52-31-15-17-32(18-16-31)53-46(63)37-24-33(28-55(37)4)51-40(58)14-11-23-67-39-26-36-35(25-38(39)66-5)48(65)56-21-10-8-12-34(56)27-49-36;;;;;/h15-20,24-30,34,44H,6-14,21-23H2,1-5H3,(H,50,64)(H,51,58)(H,52,62)(H,53,63)(H,54,59);5*1H/t30-,34-,44-;;;;;/m0...../s1. The maximum atomic E-state index is 13.3. The summed E-state index contributed by atoms with van der Waals surface area (Å²) < 4.78 is 13.1. The van der Waals surface area contributed by atoms with E-state index in [-0.39, 0.29) is 80.3 Å². The summed E-state index contributed by atoms with van der Waals surface area (Å²) in [6.45, 7) is 6.26. The quantitative estimate of drug-likeness (QED) is 0.0608. The number of benzene rings is 2. The molecule has 1 aromatic heterocycles. The number of hydrogen-bond acceptors (Lipinski definition) is 11. The van der Waals surface area contributed by atoms with Gasteiger partial charge in [-0.05, 0) is 87.8 Å². The van der Waals surface area contributed by atoms with Crippen LogP contribution < -0.4 is 36.1 Å². The van der Waals surface area contributed by atoms with Crippen molar-refractivity contribution in [2.45, 2.75) is 96.7 Å². The average molecular weight is 932 g/mol. The summed E-state index contributed by atoms with van der Waals surface area (Å²) in [6.07, 6.45) is 11.1. The van der Waals surface area contributed by atoms with Crippen LogP contribution in [0.3, 0.4) is 0 Å². The van der Waals surface area contributed by atoms with Crippen molar-refractivity contribution in [2.24, 2.45) is 18.0 Å². The number of imide groups is 1. The smallest absolute Gasteiger partial charge is 0.272 e. The van der Waals surface area contributed by atoms with Gasteiger partial charge in [-0.15, -0.1) is 0 Å². The lowest BCUT2D eigenvalue weighted by Gasteiger charge is -2.32. The normalized spacial score (nSPS) is 16.1. The molecule has 4 heterocycles. The molecule has 0 saturated carbocycles. The van der Waals surface area contributed by atoms with Gasteiger partial charge in [-0.25, -0.2) is 0 Å². The molecule has 8 amide bonds. The first-order valence-corrected chi connectivity index (χ1v) is 22.6. The lowest BCUT2D eigenvalue weighted by atomic mass is 10.0. The molecule has 366 valence electrons. The van der Waals surface area contributed by atoms with Crippen molar-refractivity contribution in [3.05, 3.63) is 72.1 Å². The van der Waals surface area contributed by atoms with Crippen LogP contribution in [-0.4, -0.2) is 113 Å². The van der Waals surface area contributed by atoms with Gasteiger partial charge in [0.25, 0.3) is 23.6 Å². The van der Waals surface area contributed by atoms with E-state index in [1.54, 1.807) is 74.1 Å².